The number of halogens is 1. The number of rotatable bonds is 4. The fourth-order valence-electron chi connectivity index (χ4n) is 0.907. The lowest BCUT2D eigenvalue weighted by Gasteiger charge is -2.08. The molecule has 0 aromatic heterocycles. The van der Waals surface area contributed by atoms with Crippen molar-refractivity contribution >= 4 is 17.0 Å². The highest BCUT2D eigenvalue weighted by Crippen LogP contribution is 2.25. The van der Waals surface area contributed by atoms with Crippen LogP contribution in [0.4, 0.5) is 0 Å². The average Bonchev–Trinajstić information content (AvgIpc) is 2.15. The van der Waals surface area contributed by atoms with Crippen molar-refractivity contribution in [2.24, 2.45) is 5.73 Å². The van der Waals surface area contributed by atoms with Crippen LogP contribution in [0.25, 0.3) is 0 Å². The van der Waals surface area contributed by atoms with E-state index in [1.54, 1.807) is 7.11 Å². The van der Waals surface area contributed by atoms with Crippen LogP contribution in [0.3, 0.4) is 0 Å². The van der Waals surface area contributed by atoms with Crippen LogP contribution in [0.5, 0.6) is 11.5 Å². The summed E-state index contributed by atoms with van der Waals surface area (Å²) in [6, 6.07) is 7.50. The second-order valence-corrected chi connectivity index (χ2v) is 2.29. The first-order valence-electron chi connectivity index (χ1n) is 3.84. The molecule has 0 saturated heterocycles. The number of nitrogens with two attached hydrogens (primary N) is 1. The molecule has 0 amide bonds. The van der Waals surface area contributed by atoms with Gasteiger partial charge in [0.25, 0.3) is 0 Å². The molecule has 0 unspecified atom stereocenters. The Morgan fingerprint density at radius 1 is 1.23 bits per heavy atom. The summed E-state index contributed by atoms with van der Waals surface area (Å²) in [5.41, 5.74) is 5.30. The van der Waals surface area contributed by atoms with Gasteiger partial charge < -0.3 is 15.2 Å². The van der Waals surface area contributed by atoms with Crippen molar-refractivity contribution in [3.05, 3.63) is 24.3 Å². The quantitative estimate of drug-likeness (QED) is 0.880. The zero-order chi connectivity index (χ0) is 8.81. The van der Waals surface area contributed by atoms with Crippen molar-refractivity contribution in [3.8, 4) is 11.5 Å². The summed E-state index contributed by atoms with van der Waals surface area (Å²) >= 11 is 0. The lowest BCUT2D eigenvalue weighted by molar-refractivity contribution is 0.302. The fraction of sp³-hybridized carbons (Fsp3) is 0.333. The Hall–Kier alpha value is -0.740. The number of hydrogen-bond acceptors (Lipinski definition) is 3. The number of para-hydroxylation sites is 2. The molecule has 1 aromatic carbocycles. The number of ether oxygens (including phenoxy) is 2. The maximum absolute atomic E-state index is 5.33. The predicted molar refractivity (Wildman–Crippen MR) is 57.9 cm³/mol. The maximum atomic E-state index is 5.33. The standard InChI is InChI=1S/C9H13NO2.BrH/c1-11-8-4-2-3-5-9(8)12-7-6-10;/h2-5H,6-7,10H2,1H3;1H. The van der Waals surface area contributed by atoms with Crippen molar-refractivity contribution in [1.29, 1.82) is 0 Å². The minimum atomic E-state index is 0. The maximum Gasteiger partial charge on any atom is 0.161 e. The van der Waals surface area contributed by atoms with Crippen LogP contribution in [0.15, 0.2) is 24.3 Å². The molecule has 13 heavy (non-hydrogen) atoms. The van der Waals surface area contributed by atoms with Crippen molar-refractivity contribution in [1.82, 2.24) is 0 Å². The predicted octanol–water partition coefficient (Wildman–Crippen LogP) is 1.61. The van der Waals surface area contributed by atoms with E-state index in [0.29, 0.717) is 13.2 Å². The van der Waals surface area contributed by atoms with Gasteiger partial charge in [0.2, 0.25) is 0 Å². The monoisotopic (exact) mass is 247 g/mol. The normalized spacial score (nSPS) is 8.77. The third-order valence-corrected chi connectivity index (χ3v) is 1.44. The molecule has 74 valence electrons. The molecule has 0 spiro atoms. The van der Waals surface area contributed by atoms with Crippen LogP contribution in [-0.4, -0.2) is 20.3 Å². The van der Waals surface area contributed by atoms with Crippen molar-refractivity contribution in [2.45, 2.75) is 0 Å². The van der Waals surface area contributed by atoms with E-state index < -0.39 is 0 Å². The summed E-state index contributed by atoms with van der Waals surface area (Å²) in [7, 11) is 1.62. The van der Waals surface area contributed by atoms with Crippen LogP contribution < -0.4 is 15.2 Å². The van der Waals surface area contributed by atoms with Crippen molar-refractivity contribution < 1.29 is 9.47 Å². The third-order valence-electron chi connectivity index (χ3n) is 1.44. The molecular weight excluding hydrogens is 234 g/mol. The Morgan fingerprint density at radius 2 is 1.85 bits per heavy atom. The fourth-order valence-corrected chi connectivity index (χ4v) is 0.907. The molecule has 1 aromatic rings. The Kier molecular flexibility index (Phi) is 6.36. The molecule has 3 nitrogen and oxygen atoms in total. The van der Waals surface area contributed by atoms with Gasteiger partial charge in [0, 0.05) is 6.54 Å². The highest BCUT2D eigenvalue weighted by atomic mass is 79.9. The van der Waals surface area contributed by atoms with E-state index in [2.05, 4.69) is 0 Å². The summed E-state index contributed by atoms with van der Waals surface area (Å²) in [5.74, 6) is 1.48. The van der Waals surface area contributed by atoms with Crippen LogP contribution in [0.2, 0.25) is 0 Å². The van der Waals surface area contributed by atoms with Gasteiger partial charge in [-0.3, -0.25) is 0 Å². The second-order valence-electron chi connectivity index (χ2n) is 2.29. The molecule has 0 atom stereocenters. The second kappa shape index (κ2) is 6.74. The summed E-state index contributed by atoms with van der Waals surface area (Å²) in [6.07, 6.45) is 0. The van der Waals surface area contributed by atoms with Gasteiger partial charge >= 0.3 is 0 Å². The van der Waals surface area contributed by atoms with Crippen LogP contribution in [0, 0.1) is 0 Å². The van der Waals surface area contributed by atoms with Gasteiger partial charge in [0.1, 0.15) is 6.61 Å². The van der Waals surface area contributed by atoms with Gasteiger partial charge in [-0.1, -0.05) is 12.1 Å². The summed E-state index contributed by atoms with van der Waals surface area (Å²) in [5, 5.41) is 0. The SMILES string of the molecule is Br.COc1ccccc1OCCN. The molecular formula is C9H14BrNO2. The van der Waals surface area contributed by atoms with E-state index in [4.69, 9.17) is 15.2 Å². The smallest absolute Gasteiger partial charge is 0.161 e. The zero-order valence-electron chi connectivity index (χ0n) is 7.53. The van der Waals surface area contributed by atoms with Crippen LogP contribution in [-0.2, 0) is 0 Å². The zero-order valence-corrected chi connectivity index (χ0v) is 9.24. The first kappa shape index (κ1) is 12.3. The Bertz CT molecular complexity index is 243. The van der Waals surface area contributed by atoms with Gasteiger partial charge in [0.15, 0.2) is 11.5 Å². The van der Waals surface area contributed by atoms with Crippen LogP contribution in [0.1, 0.15) is 0 Å². The van der Waals surface area contributed by atoms with E-state index in [1.807, 2.05) is 24.3 Å². The lowest BCUT2D eigenvalue weighted by atomic mass is 10.3. The van der Waals surface area contributed by atoms with Gasteiger partial charge in [-0.25, -0.2) is 0 Å². The topological polar surface area (TPSA) is 44.5 Å². The van der Waals surface area contributed by atoms with Gasteiger partial charge in [-0.05, 0) is 12.1 Å². The van der Waals surface area contributed by atoms with Crippen LogP contribution >= 0.6 is 17.0 Å². The van der Waals surface area contributed by atoms with E-state index in [-0.39, 0.29) is 17.0 Å². The van der Waals surface area contributed by atoms with E-state index >= 15 is 0 Å². The molecule has 1 rings (SSSR count). The summed E-state index contributed by atoms with van der Waals surface area (Å²) in [6.45, 7) is 1.03. The average molecular weight is 248 g/mol. The molecule has 0 radical (unpaired) electrons. The third kappa shape index (κ3) is 3.65. The number of benzene rings is 1. The summed E-state index contributed by atoms with van der Waals surface area (Å²) in [4.78, 5) is 0. The highest BCUT2D eigenvalue weighted by molar-refractivity contribution is 8.93. The Labute approximate surface area is 88.6 Å². The molecule has 0 aliphatic carbocycles. The summed E-state index contributed by atoms with van der Waals surface area (Å²) < 4.78 is 10.4. The van der Waals surface area contributed by atoms with Gasteiger partial charge in [-0.15, -0.1) is 17.0 Å². The molecule has 0 bridgehead atoms. The highest BCUT2D eigenvalue weighted by Gasteiger charge is 2.00. The van der Waals surface area contributed by atoms with Gasteiger partial charge in [-0.2, -0.15) is 0 Å². The Morgan fingerprint density at radius 3 is 2.38 bits per heavy atom. The van der Waals surface area contributed by atoms with E-state index in [9.17, 15) is 0 Å². The molecule has 0 aliphatic rings. The minimum absolute atomic E-state index is 0. The molecule has 0 heterocycles. The van der Waals surface area contributed by atoms with Crippen molar-refractivity contribution in [2.75, 3.05) is 20.3 Å². The number of hydrogen-bond donors (Lipinski definition) is 1. The minimum Gasteiger partial charge on any atom is -0.493 e. The molecule has 4 heteroatoms. The number of methoxy groups -OCH3 is 1. The molecule has 0 saturated carbocycles. The Balaban J connectivity index is 0.00000144. The molecule has 0 fully saturated rings. The van der Waals surface area contributed by atoms with Gasteiger partial charge in [0.05, 0.1) is 7.11 Å². The largest absolute Gasteiger partial charge is 0.493 e. The van der Waals surface area contributed by atoms with E-state index in [1.165, 1.54) is 0 Å². The molecule has 2 N–H and O–H groups in total. The first-order chi connectivity index (χ1) is 5.88. The van der Waals surface area contributed by atoms with Crippen molar-refractivity contribution in [3.63, 3.8) is 0 Å². The first-order valence-corrected chi connectivity index (χ1v) is 3.84. The molecule has 0 aliphatic heterocycles. The lowest BCUT2D eigenvalue weighted by Crippen LogP contribution is -2.10. The van der Waals surface area contributed by atoms with E-state index in [0.717, 1.165) is 11.5 Å².